The van der Waals surface area contributed by atoms with Gasteiger partial charge in [-0.3, -0.25) is 9.59 Å². The van der Waals surface area contributed by atoms with Crippen molar-refractivity contribution in [3.63, 3.8) is 0 Å². The lowest BCUT2D eigenvalue weighted by Gasteiger charge is -2.13. The van der Waals surface area contributed by atoms with Crippen molar-refractivity contribution in [3.05, 3.63) is 83.0 Å². The summed E-state index contributed by atoms with van der Waals surface area (Å²) >= 11 is 0. The molecule has 0 aromatic heterocycles. The fourth-order valence-electron chi connectivity index (χ4n) is 3.94. The average molecular weight is 551 g/mol. The molecule has 0 amide bonds. The van der Waals surface area contributed by atoms with E-state index in [1.54, 1.807) is 24.3 Å². The summed E-state index contributed by atoms with van der Waals surface area (Å²) in [5.74, 6) is -0.207. The van der Waals surface area contributed by atoms with Crippen LogP contribution in [-0.2, 0) is 19.1 Å². The zero-order valence-electron chi connectivity index (χ0n) is 23.8. The third-order valence-corrected chi connectivity index (χ3v) is 6.63. The van der Waals surface area contributed by atoms with Crippen molar-refractivity contribution in [2.75, 3.05) is 26.4 Å². The maximum atomic E-state index is 12.0. The molecule has 0 radical (unpaired) electrons. The molecule has 2 aromatic carbocycles. The van der Waals surface area contributed by atoms with Gasteiger partial charge in [-0.1, -0.05) is 13.2 Å². The highest BCUT2D eigenvalue weighted by Crippen LogP contribution is 2.26. The van der Waals surface area contributed by atoms with Crippen LogP contribution in [0.3, 0.4) is 0 Å². The first-order valence-corrected chi connectivity index (χ1v) is 13.2. The van der Waals surface area contributed by atoms with Gasteiger partial charge in [-0.15, -0.1) is 0 Å². The largest absolute Gasteiger partial charge is 0.482 e. The number of carbonyl (C=O) groups is 4. The molecule has 2 aromatic rings. The molecule has 0 atom stereocenters. The number of esters is 2. The minimum absolute atomic E-state index is 0.161. The molecule has 0 aliphatic carbocycles. The van der Waals surface area contributed by atoms with Crippen LogP contribution >= 0.6 is 0 Å². The van der Waals surface area contributed by atoms with E-state index in [0.29, 0.717) is 35.5 Å². The van der Waals surface area contributed by atoms with Crippen LogP contribution in [0, 0.1) is 27.7 Å². The maximum absolute atomic E-state index is 12.0. The van der Waals surface area contributed by atoms with Crippen LogP contribution in [0.4, 0.5) is 0 Å². The van der Waals surface area contributed by atoms with Crippen LogP contribution in [0.5, 0.6) is 11.5 Å². The molecule has 0 unspecified atom stereocenters. The minimum Gasteiger partial charge on any atom is -0.482 e. The molecule has 0 saturated heterocycles. The van der Waals surface area contributed by atoms with Crippen LogP contribution in [0.2, 0.25) is 0 Å². The molecule has 2 rings (SSSR count). The number of unbranched alkanes of at least 4 members (excludes halogenated alkanes) is 3. The first-order valence-electron chi connectivity index (χ1n) is 13.2. The summed E-state index contributed by atoms with van der Waals surface area (Å²) in [7, 11) is 0. The van der Waals surface area contributed by atoms with Crippen LogP contribution in [0.25, 0.3) is 0 Å². The van der Waals surface area contributed by atoms with E-state index in [1.807, 2.05) is 27.7 Å². The lowest BCUT2D eigenvalue weighted by atomic mass is 9.99. The summed E-state index contributed by atoms with van der Waals surface area (Å²) in [6.45, 7) is 14.4. The van der Waals surface area contributed by atoms with Crippen molar-refractivity contribution in [2.45, 2.75) is 53.4 Å². The zero-order chi connectivity index (χ0) is 29.7. The molecule has 0 aliphatic rings. The Bertz CT molecular complexity index is 1160. The van der Waals surface area contributed by atoms with Gasteiger partial charge in [0.15, 0.2) is 24.8 Å². The predicted octanol–water partition coefficient (Wildman–Crippen LogP) is 5.76. The van der Waals surface area contributed by atoms with Gasteiger partial charge in [0.25, 0.3) is 0 Å². The standard InChI is InChI=1S/C32H38O8/c1-7-27(33)25-13-15-29(23(5)21(25)3)39-19-31(35)37-17-11-9-10-12-18-38-32(36)20-40-30-16-14-26(28(34)8-2)22(4)24(30)6/h7-8,13-16H,1-2,9-12,17-20H2,3-6H3. The van der Waals surface area contributed by atoms with Crippen molar-refractivity contribution in [1.82, 2.24) is 0 Å². The maximum Gasteiger partial charge on any atom is 0.344 e. The van der Waals surface area contributed by atoms with Crippen molar-refractivity contribution >= 4 is 23.5 Å². The first-order chi connectivity index (χ1) is 19.1. The smallest absolute Gasteiger partial charge is 0.344 e. The third kappa shape index (κ3) is 9.22. The molecule has 8 heteroatoms. The quantitative estimate of drug-likeness (QED) is 0.106. The molecule has 0 spiro atoms. The molecular weight excluding hydrogens is 512 g/mol. The highest BCUT2D eigenvalue weighted by molar-refractivity contribution is 6.06. The normalized spacial score (nSPS) is 10.4. The Kier molecular flexibility index (Phi) is 12.8. The summed E-state index contributed by atoms with van der Waals surface area (Å²) in [5.41, 5.74) is 4.25. The van der Waals surface area contributed by atoms with E-state index >= 15 is 0 Å². The Morgan fingerprint density at radius 1 is 0.600 bits per heavy atom. The Labute approximate surface area is 236 Å². The average Bonchev–Trinajstić information content (AvgIpc) is 2.95. The van der Waals surface area contributed by atoms with E-state index in [2.05, 4.69) is 13.2 Å². The van der Waals surface area contributed by atoms with E-state index in [-0.39, 0.29) is 38.0 Å². The van der Waals surface area contributed by atoms with Gasteiger partial charge in [0.1, 0.15) is 11.5 Å². The molecule has 0 heterocycles. The summed E-state index contributed by atoms with van der Waals surface area (Å²) in [5, 5.41) is 0. The molecule has 0 saturated carbocycles. The SMILES string of the molecule is C=CC(=O)c1ccc(OCC(=O)OCCCCCCOC(=O)COc2ccc(C(=O)C=C)c(C)c2C)c(C)c1C. The van der Waals surface area contributed by atoms with Crippen LogP contribution in [0.15, 0.2) is 49.6 Å². The Hall–Kier alpha value is -4.20. The molecule has 40 heavy (non-hydrogen) atoms. The monoisotopic (exact) mass is 550 g/mol. The summed E-state index contributed by atoms with van der Waals surface area (Å²) < 4.78 is 21.6. The molecule has 0 aliphatic heterocycles. The molecule has 8 nitrogen and oxygen atoms in total. The van der Waals surface area contributed by atoms with E-state index in [0.717, 1.165) is 35.1 Å². The van der Waals surface area contributed by atoms with Crippen molar-refractivity contribution in [1.29, 1.82) is 0 Å². The van der Waals surface area contributed by atoms with Gasteiger partial charge >= 0.3 is 11.9 Å². The van der Waals surface area contributed by atoms with Gasteiger partial charge in [-0.2, -0.15) is 0 Å². The van der Waals surface area contributed by atoms with E-state index in [9.17, 15) is 19.2 Å². The van der Waals surface area contributed by atoms with Gasteiger partial charge in [0.2, 0.25) is 0 Å². The minimum atomic E-state index is -0.468. The Morgan fingerprint density at radius 2 is 0.975 bits per heavy atom. The van der Waals surface area contributed by atoms with E-state index in [1.165, 1.54) is 12.2 Å². The number of benzene rings is 2. The molecular formula is C32H38O8. The second kappa shape index (κ2) is 16.0. The van der Waals surface area contributed by atoms with Gasteiger partial charge in [0.05, 0.1) is 13.2 Å². The van der Waals surface area contributed by atoms with Gasteiger partial charge in [-0.25, -0.2) is 9.59 Å². The van der Waals surface area contributed by atoms with Crippen molar-refractivity contribution in [3.8, 4) is 11.5 Å². The van der Waals surface area contributed by atoms with E-state index in [4.69, 9.17) is 18.9 Å². The number of ether oxygens (including phenoxy) is 4. The van der Waals surface area contributed by atoms with Crippen molar-refractivity contribution in [2.24, 2.45) is 0 Å². The number of ketones is 2. The Balaban J connectivity index is 1.58. The highest BCUT2D eigenvalue weighted by atomic mass is 16.6. The lowest BCUT2D eigenvalue weighted by Crippen LogP contribution is -2.16. The van der Waals surface area contributed by atoms with Gasteiger partial charge in [0, 0.05) is 11.1 Å². The fourth-order valence-corrected chi connectivity index (χ4v) is 3.94. The number of hydrogen-bond acceptors (Lipinski definition) is 8. The molecule has 0 bridgehead atoms. The van der Waals surface area contributed by atoms with Crippen molar-refractivity contribution < 1.29 is 38.1 Å². The lowest BCUT2D eigenvalue weighted by molar-refractivity contribution is -0.147. The Morgan fingerprint density at radius 3 is 1.32 bits per heavy atom. The molecule has 0 N–H and O–H groups in total. The fraction of sp³-hybridized carbons (Fsp3) is 0.375. The van der Waals surface area contributed by atoms with Crippen LogP contribution < -0.4 is 9.47 Å². The van der Waals surface area contributed by atoms with Crippen LogP contribution in [-0.4, -0.2) is 49.9 Å². The first kappa shape index (κ1) is 32.0. The summed E-state index contributed by atoms with van der Waals surface area (Å²) in [4.78, 5) is 47.8. The topological polar surface area (TPSA) is 105 Å². The summed E-state index contributed by atoms with van der Waals surface area (Å²) in [6, 6.07) is 6.65. The number of rotatable bonds is 17. The second-order valence-corrected chi connectivity index (χ2v) is 9.29. The number of carbonyl (C=O) groups excluding carboxylic acids is 4. The molecule has 214 valence electrons. The third-order valence-electron chi connectivity index (χ3n) is 6.63. The summed E-state index contributed by atoms with van der Waals surface area (Å²) in [6.07, 6.45) is 5.52. The number of allylic oxidation sites excluding steroid dienone is 2. The van der Waals surface area contributed by atoms with Gasteiger partial charge < -0.3 is 18.9 Å². The predicted molar refractivity (Wildman–Crippen MR) is 152 cm³/mol. The second-order valence-electron chi connectivity index (χ2n) is 9.29. The zero-order valence-corrected chi connectivity index (χ0v) is 23.8. The van der Waals surface area contributed by atoms with E-state index < -0.39 is 11.9 Å². The van der Waals surface area contributed by atoms with Crippen LogP contribution in [0.1, 0.15) is 68.7 Å². The number of hydrogen-bond donors (Lipinski definition) is 0. The highest BCUT2D eigenvalue weighted by Gasteiger charge is 2.14. The van der Waals surface area contributed by atoms with Gasteiger partial charge in [-0.05, 0) is 112 Å². The molecule has 0 fully saturated rings.